The lowest BCUT2D eigenvalue weighted by Gasteiger charge is -2.12. The van der Waals surface area contributed by atoms with Crippen molar-refractivity contribution >= 4 is 23.4 Å². The molecule has 0 aliphatic rings. The number of carbonyl (C=O) groups excluding carboxylic acids is 2. The molecule has 0 radical (unpaired) electrons. The summed E-state index contributed by atoms with van der Waals surface area (Å²) in [4.78, 5) is 24.5. The Kier molecular flexibility index (Phi) is 6.81. The third-order valence-electron chi connectivity index (χ3n) is 4.03. The van der Waals surface area contributed by atoms with Gasteiger partial charge in [-0.3, -0.25) is 20.4 Å². The lowest BCUT2D eigenvalue weighted by Crippen LogP contribution is -2.42. The van der Waals surface area contributed by atoms with Gasteiger partial charge in [-0.05, 0) is 47.5 Å². The molecule has 0 heterocycles. The molecule has 2 N–H and O–H groups in total. The Balaban J connectivity index is 1.56. The van der Waals surface area contributed by atoms with E-state index in [2.05, 4.69) is 10.9 Å². The van der Waals surface area contributed by atoms with Gasteiger partial charge in [0, 0.05) is 5.02 Å². The number of benzene rings is 3. The maximum Gasteiger partial charge on any atom is 0.273 e. The average Bonchev–Trinajstić information content (AvgIpc) is 2.73. The van der Waals surface area contributed by atoms with Crippen molar-refractivity contribution in [2.24, 2.45) is 0 Å². The molecule has 0 bridgehead atoms. The summed E-state index contributed by atoms with van der Waals surface area (Å²) in [5, 5.41) is 0.583. The molecule has 3 aromatic rings. The van der Waals surface area contributed by atoms with E-state index in [1.807, 2.05) is 0 Å². The molecule has 0 aliphatic carbocycles. The molecule has 0 fully saturated rings. The SMILES string of the molecule is O=C(Cc1ccc(Cl)cc1)NNC(=O)c1ccccc1OCc1ccc(F)cc1. The van der Waals surface area contributed by atoms with Crippen LogP contribution in [0.5, 0.6) is 5.75 Å². The van der Waals surface area contributed by atoms with E-state index in [9.17, 15) is 14.0 Å². The van der Waals surface area contributed by atoms with Crippen LogP contribution in [0.25, 0.3) is 0 Å². The highest BCUT2D eigenvalue weighted by Gasteiger charge is 2.13. The topological polar surface area (TPSA) is 67.4 Å². The smallest absolute Gasteiger partial charge is 0.273 e. The summed E-state index contributed by atoms with van der Waals surface area (Å²) < 4.78 is 18.7. The van der Waals surface area contributed by atoms with Crippen LogP contribution < -0.4 is 15.6 Å². The molecule has 0 unspecified atom stereocenters. The number of ether oxygens (including phenoxy) is 1. The van der Waals surface area contributed by atoms with Crippen molar-refractivity contribution in [1.29, 1.82) is 0 Å². The van der Waals surface area contributed by atoms with Gasteiger partial charge in [-0.2, -0.15) is 0 Å². The van der Waals surface area contributed by atoms with Gasteiger partial charge in [-0.15, -0.1) is 0 Å². The zero-order valence-corrected chi connectivity index (χ0v) is 16.1. The monoisotopic (exact) mass is 412 g/mol. The lowest BCUT2D eigenvalue weighted by molar-refractivity contribution is -0.121. The van der Waals surface area contributed by atoms with Crippen LogP contribution in [0.3, 0.4) is 0 Å². The highest BCUT2D eigenvalue weighted by molar-refractivity contribution is 6.30. The van der Waals surface area contributed by atoms with Gasteiger partial charge in [-0.1, -0.05) is 48.0 Å². The molecule has 0 aromatic heterocycles. The van der Waals surface area contributed by atoms with Gasteiger partial charge >= 0.3 is 0 Å². The van der Waals surface area contributed by atoms with Crippen molar-refractivity contribution in [2.75, 3.05) is 0 Å². The van der Waals surface area contributed by atoms with Gasteiger partial charge in [0.25, 0.3) is 5.91 Å². The molecule has 2 amide bonds. The standard InChI is InChI=1S/C22H18ClFN2O3/c23-17-9-5-15(6-10-17)13-21(27)25-26-22(28)19-3-1-2-4-20(19)29-14-16-7-11-18(24)12-8-16/h1-12H,13-14H2,(H,25,27)(H,26,28). The molecule has 0 saturated heterocycles. The third kappa shape index (κ3) is 6.05. The van der Waals surface area contributed by atoms with Crippen LogP contribution in [0.2, 0.25) is 5.02 Å². The highest BCUT2D eigenvalue weighted by atomic mass is 35.5. The number of hydrogen-bond donors (Lipinski definition) is 2. The summed E-state index contributed by atoms with van der Waals surface area (Å²) in [7, 11) is 0. The van der Waals surface area contributed by atoms with Crippen LogP contribution in [-0.2, 0) is 17.8 Å². The van der Waals surface area contributed by atoms with Crippen LogP contribution in [0, 0.1) is 5.82 Å². The van der Waals surface area contributed by atoms with Crippen molar-refractivity contribution in [1.82, 2.24) is 10.9 Å². The first-order chi connectivity index (χ1) is 14.0. The summed E-state index contributed by atoms with van der Waals surface area (Å²) >= 11 is 5.82. The Morgan fingerprint density at radius 2 is 1.52 bits per heavy atom. The number of amides is 2. The predicted octanol–water partition coefficient (Wildman–Crippen LogP) is 4.06. The molecular formula is C22H18ClFN2O3. The maximum absolute atomic E-state index is 13.0. The van der Waals surface area contributed by atoms with Crippen molar-refractivity contribution in [3.05, 3.63) is 100 Å². The Morgan fingerprint density at radius 3 is 2.24 bits per heavy atom. The first-order valence-corrected chi connectivity index (χ1v) is 9.19. The number of nitrogens with one attached hydrogen (secondary N) is 2. The molecule has 0 saturated carbocycles. The van der Waals surface area contributed by atoms with Crippen LogP contribution in [-0.4, -0.2) is 11.8 Å². The highest BCUT2D eigenvalue weighted by Crippen LogP contribution is 2.19. The fourth-order valence-electron chi connectivity index (χ4n) is 2.55. The van der Waals surface area contributed by atoms with Crippen LogP contribution in [0.1, 0.15) is 21.5 Å². The van der Waals surface area contributed by atoms with Crippen LogP contribution >= 0.6 is 11.6 Å². The largest absolute Gasteiger partial charge is 0.488 e. The molecule has 0 spiro atoms. The third-order valence-corrected chi connectivity index (χ3v) is 4.28. The molecule has 3 rings (SSSR count). The quantitative estimate of drug-likeness (QED) is 0.600. The van der Waals surface area contributed by atoms with Gasteiger partial charge in [-0.25, -0.2) is 4.39 Å². The van der Waals surface area contributed by atoms with E-state index in [4.69, 9.17) is 16.3 Å². The van der Waals surface area contributed by atoms with Crippen molar-refractivity contribution in [3.63, 3.8) is 0 Å². The minimum Gasteiger partial charge on any atom is -0.488 e. The average molecular weight is 413 g/mol. The summed E-state index contributed by atoms with van der Waals surface area (Å²) in [6, 6.07) is 19.4. The number of halogens is 2. The number of rotatable bonds is 6. The van der Waals surface area contributed by atoms with E-state index in [1.165, 1.54) is 12.1 Å². The second-order valence-electron chi connectivity index (χ2n) is 6.22. The van der Waals surface area contributed by atoms with E-state index >= 15 is 0 Å². The Morgan fingerprint density at radius 1 is 0.862 bits per heavy atom. The molecule has 148 valence electrons. The lowest BCUT2D eigenvalue weighted by atomic mass is 10.1. The minimum atomic E-state index is -0.510. The van der Waals surface area contributed by atoms with Crippen molar-refractivity contribution < 1.29 is 18.7 Å². The van der Waals surface area contributed by atoms with E-state index in [0.717, 1.165) is 11.1 Å². The first-order valence-electron chi connectivity index (χ1n) is 8.81. The van der Waals surface area contributed by atoms with Crippen molar-refractivity contribution in [2.45, 2.75) is 13.0 Å². The van der Waals surface area contributed by atoms with E-state index in [-0.39, 0.29) is 30.3 Å². The molecule has 0 atom stereocenters. The summed E-state index contributed by atoms with van der Waals surface area (Å²) in [6.07, 6.45) is 0.0974. The number of hydrogen-bond acceptors (Lipinski definition) is 3. The van der Waals surface area contributed by atoms with Gasteiger partial charge in [0.1, 0.15) is 18.2 Å². The van der Waals surface area contributed by atoms with Gasteiger partial charge in [0.15, 0.2) is 0 Å². The minimum absolute atomic E-state index is 0.0974. The predicted molar refractivity (Wildman–Crippen MR) is 108 cm³/mol. The fourth-order valence-corrected chi connectivity index (χ4v) is 2.67. The first kappa shape index (κ1) is 20.4. The summed E-state index contributed by atoms with van der Waals surface area (Å²) in [5.41, 5.74) is 6.56. The number of hydrazine groups is 1. The van der Waals surface area contributed by atoms with Gasteiger partial charge < -0.3 is 4.74 Å². The summed E-state index contributed by atoms with van der Waals surface area (Å²) in [5.74, 6) is -0.862. The Bertz CT molecular complexity index is 992. The van der Waals surface area contributed by atoms with E-state index in [0.29, 0.717) is 10.8 Å². The van der Waals surface area contributed by atoms with Crippen LogP contribution in [0.4, 0.5) is 4.39 Å². The normalized spacial score (nSPS) is 10.3. The second kappa shape index (κ2) is 9.71. The molecule has 7 heteroatoms. The second-order valence-corrected chi connectivity index (χ2v) is 6.65. The van der Waals surface area contributed by atoms with Crippen molar-refractivity contribution in [3.8, 4) is 5.75 Å². The number of carbonyl (C=O) groups is 2. The molecule has 3 aromatic carbocycles. The Labute approximate surface area is 172 Å². The maximum atomic E-state index is 13.0. The van der Waals surface area contributed by atoms with Gasteiger partial charge in [0.05, 0.1) is 12.0 Å². The van der Waals surface area contributed by atoms with Gasteiger partial charge in [0.2, 0.25) is 5.91 Å². The molecular weight excluding hydrogens is 395 g/mol. The molecule has 0 aliphatic heterocycles. The zero-order valence-electron chi connectivity index (χ0n) is 15.3. The van der Waals surface area contributed by atoms with E-state index in [1.54, 1.807) is 60.7 Å². The molecule has 5 nitrogen and oxygen atoms in total. The van der Waals surface area contributed by atoms with Crippen LogP contribution in [0.15, 0.2) is 72.8 Å². The zero-order chi connectivity index (χ0) is 20.6. The summed E-state index contributed by atoms with van der Waals surface area (Å²) in [6.45, 7) is 0.174. The number of para-hydroxylation sites is 1. The van der Waals surface area contributed by atoms with E-state index < -0.39 is 5.91 Å². The fraction of sp³-hybridized carbons (Fsp3) is 0.0909. The Hall–Kier alpha value is -3.38. The molecule has 29 heavy (non-hydrogen) atoms.